The van der Waals surface area contributed by atoms with Gasteiger partial charge in [0.2, 0.25) is 5.91 Å². The third-order valence-corrected chi connectivity index (χ3v) is 3.45. The van der Waals surface area contributed by atoms with Crippen LogP contribution < -0.4 is 0 Å². The van der Waals surface area contributed by atoms with Gasteiger partial charge in [0.15, 0.2) is 0 Å². The second kappa shape index (κ2) is 3.44. The van der Waals surface area contributed by atoms with Gasteiger partial charge in [-0.15, -0.1) is 0 Å². The van der Waals surface area contributed by atoms with Gasteiger partial charge in [0, 0.05) is 7.05 Å². The molecule has 1 heterocycles. The maximum atomic E-state index is 12.1. The van der Waals surface area contributed by atoms with E-state index in [9.17, 15) is 4.79 Å². The summed E-state index contributed by atoms with van der Waals surface area (Å²) in [6.07, 6.45) is 12.2. The fraction of sp³-hybridized carbons (Fsp3) is 0.385. The summed E-state index contributed by atoms with van der Waals surface area (Å²) in [6, 6.07) is 0.00481. The molecule has 16 heavy (non-hydrogen) atoms. The molecular formula is C13H14N2O. The maximum absolute atomic E-state index is 12.1. The fourth-order valence-electron chi connectivity index (χ4n) is 2.56. The Hall–Kier alpha value is -1.64. The van der Waals surface area contributed by atoms with Crippen LogP contribution >= 0.6 is 0 Å². The van der Waals surface area contributed by atoms with Gasteiger partial charge in [-0.3, -0.25) is 9.79 Å². The van der Waals surface area contributed by atoms with Crippen LogP contribution in [0, 0.1) is 5.92 Å². The van der Waals surface area contributed by atoms with E-state index in [1.54, 1.807) is 18.3 Å². The lowest BCUT2D eigenvalue weighted by Crippen LogP contribution is -2.43. The molecule has 3 nitrogen and oxygen atoms in total. The molecule has 3 rings (SSSR count). The summed E-state index contributed by atoms with van der Waals surface area (Å²) in [6.45, 7) is 0. The molecule has 1 amide bonds. The van der Waals surface area contributed by atoms with Crippen LogP contribution in [0.5, 0.6) is 0 Å². The van der Waals surface area contributed by atoms with Gasteiger partial charge < -0.3 is 4.90 Å². The number of allylic oxidation sites excluding steroid dienone is 4. The maximum Gasteiger partial charge on any atom is 0.237 e. The van der Waals surface area contributed by atoms with Gasteiger partial charge in [0.1, 0.15) is 0 Å². The smallest absolute Gasteiger partial charge is 0.237 e. The molecule has 0 spiro atoms. The van der Waals surface area contributed by atoms with Gasteiger partial charge in [0.05, 0.1) is 18.3 Å². The summed E-state index contributed by atoms with van der Waals surface area (Å²) < 4.78 is 0. The predicted octanol–water partition coefficient (Wildman–Crippen LogP) is 1.69. The average Bonchev–Trinajstić information content (AvgIpc) is 2.33. The van der Waals surface area contributed by atoms with Crippen molar-refractivity contribution in [1.82, 2.24) is 4.90 Å². The Labute approximate surface area is 94.8 Å². The Bertz CT molecular complexity index is 457. The number of rotatable bonds is 0. The molecule has 3 heteroatoms. The van der Waals surface area contributed by atoms with Crippen molar-refractivity contribution < 1.29 is 4.79 Å². The highest BCUT2D eigenvalue weighted by Crippen LogP contribution is 2.35. The first-order valence-electron chi connectivity index (χ1n) is 5.65. The van der Waals surface area contributed by atoms with Crippen molar-refractivity contribution in [3.8, 4) is 0 Å². The molecule has 1 aliphatic heterocycles. The van der Waals surface area contributed by atoms with E-state index in [1.165, 1.54) is 11.1 Å². The van der Waals surface area contributed by atoms with Crippen LogP contribution in [0.2, 0.25) is 0 Å². The summed E-state index contributed by atoms with van der Waals surface area (Å²) in [5.74, 6) is 0.0648. The Kier molecular flexibility index (Phi) is 2.06. The number of carbonyl (C=O) groups is 1. The van der Waals surface area contributed by atoms with Gasteiger partial charge in [-0.1, -0.05) is 24.3 Å². The molecule has 0 aromatic heterocycles. The van der Waals surface area contributed by atoms with Gasteiger partial charge in [-0.05, 0) is 24.0 Å². The minimum atomic E-state index is -0.0912. The number of carbonyl (C=O) groups excluding carboxylic acids is 1. The minimum Gasteiger partial charge on any atom is -0.306 e. The first-order valence-corrected chi connectivity index (χ1v) is 5.65. The third-order valence-electron chi connectivity index (χ3n) is 3.45. The van der Waals surface area contributed by atoms with Crippen molar-refractivity contribution >= 4 is 12.2 Å². The first kappa shape index (κ1) is 9.58. The van der Waals surface area contributed by atoms with Crippen LogP contribution in [0.1, 0.15) is 12.8 Å². The highest BCUT2D eigenvalue weighted by atomic mass is 16.2. The SMILES string of the molecule is CN1C=NC2C=CC3=C(C=CCC3)C2C1=O. The van der Waals surface area contributed by atoms with E-state index in [0.717, 1.165) is 12.8 Å². The second-order valence-corrected chi connectivity index (χ2v) is 4.46. The molecule has 0 N–H and O–H groups in total. The molecule has 3 aliphatic rings. The first-order chi connectivity index (χ1) is 7.77. The molecule has 0 fully saturated rings. The van der Waals surface area contributed by atoms with E-state index in [0.29, 0.717) is 0 Å². The summed E-state index contributed by atoms with van der Waals surface area (Å²) >= 11 is 0. The molecular weight excluding hydrogens is 200 g/mol. The van der Waals surface area contributed by atoms with E-state index < -0.39 is 0 Å². The monoisotopic (exact) mass is 214 g/mol. The fourth-order valence-corrected chi connectivity index (χ4v) is 2.56. The molecule has 0 aromatic rings. The Morgan fingerprint density at radius 2 is 2.31 bits per heavy atom. The zero-order valence-electron chi connectivity index (χ0n) is 9.26. The molecule has 2 aliphatic carbocycles. The van der Waals surface area contributed by atoms with E-state index in [4.69, 9.17) is 0 Å². The number of fused-ring (bicyclic) bond motifs is 2. The number of hydrogen-bond acceptors (Lipinski definition) is 2. The summed E-state index contributed by atoms with van der Waals surface area (Å²) in [7, 11) is 1.77. The van der Waals surface area contributed by atoms with Gasteiger partial charge in [-0.2, -0.15) is 0 Å². The average molecular weight is 214 g/mol. The molecule has 0 saturated heterocycles. The minimum absolute atomic E-state index is 0.00481. The predicted molar refractivity (Wildman–Crippen MR) is 63.1 cm³/mol. The van der Waals surface area contributed by atoms with E-state index in [1.807, 2.05) is 0 Å². The van der Waals surface area contributed by atoms with Crippen molar-refractivity contribution in [2.75, 3.05) is 7.05 Å². The molecule has 2 unspecified atom stereocenters. The van der Waals surface area contributed by atoms with Gasteiger partial charge in [0.25, 0.3) is 0 Å². The molecule has 2 atom stereocenters. The van der Waals surface area contributed by atoms with Crippen molar-refractivity contribution in [3.63, 3.8) is 0 Å². The van der Waals surface area contributed by atoms with E-state index >= 15 is 0 Å². The Balaban J connectivity index is 2.07. The van der Waals surface area contributed by atoms with Crippen LogP contribution in [0.3, 0.4) is 0 Å². The number of amides is 1. The topological polar surface area (TPSA) is 32.7 Å². The van der Waals surface area contributed by atoms with Crippen molar-refractivity contribution in [2.45, 2.75) is 18.9 Å². The van der Waals surface area contributed by atoms with E-state index in [-0.39, 0.29) is 17.9 Å². The lowest BCUT2D eigenvalue weighted by Gasteiger charge is -2.34. The van der Waals surface area contributed by atoms with E-state index in [2.05, 4.69) is 29.3 Å². The van der Waals surface area contributed by atoms with Crippen LogP contribution in [-0.2, 0) is 4.79 Å². The number of nitrogens with zero attached hydrogens (tertiary/aromatic N) is 2. The number of aliphatic imine (C=N–C) groups is 1. The highest BCUT2D eigenvalue weighted by molar-refractivity contribution is 5.94. The van der Waals surface area contributed by atoms with Crippen LogP contribution in [-0.4, -0.2) is 30.2 Å². The lowest BCUT2D eigenvalue weighted by atomic mass is 9.79. The zero-order valence-corrected chi connectivity index (χ0v) is 9.26. The van der Waals surface area contributed by atoms with Crippen molar-refractivity contribution in [2.24, 2.45) is 10.9 Å². The summed E-state index contributed by atoms with van der Waals surface area (Å²) in [5, 5.41) is 0. The second-order valence-electron chi connectivity index (χ2n) is 4.46. The third kappa shape index (κ3) is 1.28. The Morgan fingerprint density at radius 3 is 3.19 bits per heavy atom. The molecule has 0 aromatic carbocycles. The number of hydrogen-bond donors (Lipinski definition) is 0. The van der Waals surface area contributed by atoms with Crippen molar-refractivity contribution in [3.05, 3.63) is 35.5 Å². The quantitative estimate of drug-likeness (QED) is 0.604. The zero-order chi connectivity index (χ0) is 11.1. The van der Waals surface area contributed by atoms with Gasteiger partial charge in [-0.25, -0.2) is 0 Å². The molecule has 0 saturated carbocycles. The standard InChI is InChI=1S/C13H14N2O/c1-15-8-14-11-7-6-9-4-2-3-5-10(9)12(11)13(15)16/h3,5-8,11-12H,2,4H2,1H3. The molecule has 0 bridgehead atoms. The Morgan fingerprint density at radius 1 is 1.44 bits per heavy atom. The lowest BCUT2D eigenvalue weighted by molar-refractivity contribution is -0.130. The van der Waals surface area contributed by atoms with Gasteiger partial charge >= 0.3 is 0 Å². The summed E-state index contributed by atoms with van der Waals surface area (Å²) in [4.78, 5) is 18.1. The van der Waals surface area contributed by atoms with Crippen LogP contribution in [0.4, 0.5) is 0 Å². The molecule has 0 radical (unpaired) electrons. The van der Waals surface area contributed by atoms with Crippen LogP contribution in [0.25, 0.3) is 0 Å². The van der Waals surface area contributed by atoms with Crippen LogP contribution in [0.15, 0.2) is 40.4 Å². The van der Waals surface area contributed by atoms with Crippen molar-refractivity contribution in [1.29, 1.82) is 0 Å². The molecule has 82 valence electrons. The normalized spacial score (nSPS) is 31.8. The largest absolute Gasteiger partial charge is 0.306 e. The summed E-state index contributed by atoms with van der Waals surface area (Å²) in [5.41, 5.74) is 2.48. The highest BCUT2D eigenvalue weighted by Gasteiger charge is 2.37.